The SMILES string of the molecule is CN1CCCN(c2cc(=O)[nH]c(C3CC3)n2)CC1. The van der Waals surface area contributed by atoms with Gasteiger partial charge in [0.1, 0.15) is 11.6 Å². The van der Waals surface area contributed by atoms with Crippen LogP contribution in [0, 0.1) is 0 Å². The van der Waals surface area contributed by atoms with Gasteiger partial charge in [-0.25, -0.2) is 4.98 Å². The highest BCUT2D eigenvalue weighted by Gasteiger charge is 2.27. The molecule has 0 aromatic carbocycles. The molecule has 0 spiro atoms. The number of aromatic nitrogens is 2. The molecule has 1 aliphatic carbocycles. The molecule has 18 heavy (non-hydrogen) atoms. The van der Waals surface area contributed by atoms with Gasteiger partial charge in [-0.05, 0) is 32.9 Å². The predicted molar refractivity (Wildman–Crippen MR) is 71.2 cm³/mol. The first-order chi connectivity index (χ1) is 8.72. The summed E-state index contributed by atoms with van der Waals surface area (Å²) in [5.41, 5.74) is -0.0144. The van der Waals surface area contributed by atoms with Crippen molar-refractivity contribution in [3.8, 4) is 0 Å². The summed E-state index contributed by atoms with van der Waals surface area (Å²) in [6.45, 7) is 4.10. The molecule has 0 radical (unpaired) electrons. The highest BCUT2D eigenvalue weighted by molar-refractivity contribution is 5.38. The zero-order valence-electron chi connectivity index (χ0n) is 10.9. The molecule has 0 bridgehead atoms. The van der Waals surface area contributed by atoms with Gasteiger partial charge in [-0.15, -0.1) is 0 Å². The van der Waals surface area contributed by atoms with Crippen LogP contribution in [0.4, 0.5) is 5.82 Å². The molecule has 0 atom stereocenters. The first-order valence-corrected chi connectivity index (χ1v) is 6.77. The van der Waals surface area contributed by atoms with Gasteiger partial charge in [0.2, 0.25) is 0 Å². The molecule has 1 aliphatic heterocycles. The normalized spacial score (nSPS) is 21.9. The van der Waals surface area contributed by atoms with Gasteiger partial charge < -0.3 is 14.8 Å². The molecule has 1 saturated heterocycles. The first kappa shape index (κ1) is 11.7. The van der Waals surface area contributed by atoms with Crippen molar-refractivity contribution in [3.63, 3.8) is 0 Å². The minimum atomic E-state index is -0.0144. The summed E-state index contributed by atoms with van der Waals surface area (Å²) in [6.07, 6.45) is 3.45. The third kappa shape index (κ3) is 2.56. The van der Waals surface area contributed by atoms with E-state index in [0.717, 1.165) is 57.1 Å². The molecule has 0 unspecified atom stereocenters. The zero-order valence-corrected chi connectivity index (χ0v) is 10.9. The molecular weight excluding hydrogens is 228 g/mol. The van der Waals surface area contributed by atoms with Crippen LogP contribution in [0.3, 0.4) is 0 Å². The first-order valence-electron chi connectivity index (χ1n) is 6.77. The van der Waals surface area contributed by atoms with Gasteiger partial charge in [0.25, 0.3) is 5.56 Å². The van der Waals surface area contributed by atoms with E-state index in [1.54, 1.807) is 6.07 Å². The van der Waals surface area contributed by atoms with Crippen molar-refractivity contribution in [2.75, 3.05) is 38.1 Å². The maximum Gasteiger partial charge on any atom is 0.252 e. The molecule has 5 heteroatoms. The quantitative estimate of drug-likeness (QED) is 0.840. The summed E-state index contributed by atoms with van der Waals surface area (Å²) in [7, 11) is 2.14. The topological polar surface area (TPSA) is 52.2 Å². The van der Waals surface area contributed by atoms with E-state index in [1.165, 1.54) is 0 Å². The maximum atomic E-state index is 11.7. The average molecular weight is 248 g/mol. The number of nitrogens with zero attached hydrogens (tertiary/aromatic N) is 3. The Morgan fingerprint density at radius 2 is 2.11 bits per heavy atom. The maximum absolute atomic E-state index is 11.7. The Hall–Kier alpha value is -1.36. The van der Waals surface area contributed by atoms with Crippen LogP contribution in [0.15, 0.2) is 10.9 Å². The second-order valence-electron chi connectivity index (χ2n) is 5.41. The lowest BCUT2D eigenvalue weighted by atomic mass is 10.3. The fourth-order valence-electron chi connectivity index (χ4n) is 2.45. The van der Waals surface area contributed by atoms with E-state index in [4.69, 9.17) is 0 Å². The van der Waals surface area contributed by atoms with Gasteiger partial charge in [-0.3, -0.25) is 4.79 Å². The fraction of sp³-hybridized carbons (Fsp3) is 0.692. The molecule has 1 saturated carbocycles. The molecule has 1 aromatic heterocycles. The van der Waals surface area contributed by atoms with Crippen molar-refractivity contribution < 1.29 is 0 Å². The van der Waals surface area contributed by atoms with E-state index in [1.807, 2.05) is 0 Å². The lowest BCUT2D eigenvalue weighted by Crippen LogP contribution is -2.30. The molecule has 0 amide bonds. The van der Waals surface area contributed by atoms with Crippen LogP contribution in [-0.2, 0) is 0 Å². The molecular formula is C13H20N4O. The van der Waals surface area contributed by atoms with Gasteiger partial charge >= 0.3 is 0 Å². The Balaban J connectivity index is 1.83. The van der Waals surface area contributed by atoms with Crippen LogP contribution in [0.25, 0.3) is 0 Å². The van der Waals surface area contributed by atoms with Crippen molar-refractivity contribution in [3.05, 3.63) is 22.2 Å². The van der Waals surface area contributed by atoms with Gasteiger partial charge in [0, 0.05) is 31.6 Å². The predicted octanol–water partition coefficient (Wildman–Crippen LogP) is 0.789. The number of rotatable bonds is 2. The fourth-order valence-corrected chi connectivity index (χ4v) is 2.45. The summed E-state index contributed by atoms with van der Waals surface area (Å²) in [6, 6.07) is 1.64. The second-order valence-corrected chi connectivity index (χ2v) is 5.41. The number of H-pyrrole nitrogens is 1. The summed E-state index contributed by atoms with van der Waals surface area (Å²) in [5, 5.41) is 0. The Bertz CT molecular complexity index is 480. The van der Waals surface area contributed by atoms with Crippen LogP contribution in [-0.4, -0.2) is 48.1 Å². The average Bonchev–Trinajstić information content (AvgIpc) is 3.15. The molecule has 2 fully saturated rings. The van der Waals surface area contributed by atoms with Crippen LogP contribution >= 0.6 is 0 Å². The molecule has 1 aromatic rings. The number of aromatic amines is 1. The molecule has 1 N–H and O–H groups in total. The van der Waals surface area contributed by atoms with Crippen LogP contribution in [0.5, 0.6) is 0 Å². The van der Waals surface area contributed by atoms with E-state index < -0.39 is 0 Å². The lowest BCUT2D eigenvalue weighted by molar-refractivity contribution is 0.360. The van der Waals surface area contributed by atoms with E-state index >= 15 is 0 Å². The number of anilines is 1. The van der Waals surface area contributed by atoms with Gasteiger partial charge in [-0.1, -0.05) is 0 Å². The Kier molecular flexibility index (Phi) is 3.07. The van der Waals surface area contributed by atoms with Gasteiger partial charge in [0.15, 0.2) is 0 Å². The van der Waals surface area contributed by atoms with Crippen molar-refractivity contribution >= 4 is 5.82 Å². The Morgan fingerprint density at radius 3 is 2.89 bits per heavy atom. The highest BCUT2D eigenvalue weighted by Crippen LogP contribution is 2.37. The van der Waals surface area contributed by atoms with Crippen molar-refractivity contribution in [1.29, 1.82) is 0 Å². The smallest absolute Gasteiger partial charge is 0.252 e. The molecule has 3 rings (SSSR count). The van der Waals surface area contributed by atoms with E-state index in [9.17, 15) is 4.79 Å². The summed E-state index contributed by atoms with van der Waals surface area (Å²) < 4.78 is 0. The Morgan fingerprint density at radius 1 is 1.28 bits per heavy atom. The summed E-state index contributed by atoms with van der Waals surface area (Å²) in [5.74, 6) is 2.23. The standard InChI is InChI=1S/C13H20N4O/c1-16-5-2-6-17(8-7-16)11-9-12(18)15-13(14-11)10-3-4-10/h9-10H,2-8H2,1H3,(H,14,15,18). The number of hydrogen-bond acceptors (Lipinski definition) is 4. The molecule has 2 aliphatic rings. The third-order valence-electron chi connectivity index (χ3n) is 3.75. The summed E-state index contributed by atoms with van der Waals surface area (Å²) >= 11 is 0. The largest absolute Gasteiger partial charge is 0.355 e. The second kappa shape index (κ2) is 4.72. The molecule has 2 heterocycles. The van der Waals surface area contributed by atoms with Crippen molar-refractivity contribution in [2.45, 2.75) is 25.2 Å². The highest BCUT2D eigenvalue weighted by atomic mass is 16.1. The number of likely N-dealkylation sites (N-methyl/N-ethyl adjacent to an activating group) is 1. The Labute approximate surface area is 107 Å². The number of hydrogen-bond donors (Lipinski definition) is 1. The van der Waals surface area contributed by atoms with Gasteiger partial charge in [-0.2, -0.15) is 0 Å². The number of nitrogens with one attached hydrogen (secondary N) is 1. The van der Waals surface area contributed by atoms with Crippen molar-refractivity contribution in [2.24, 2.45) is 0 Å². The van der Waals surface area contributed by atoms with Crippen LogP contribution in [0.1, 0.15) is 31.0 Å². The van der Waals surface area contributed by atoms with Gasteiger partial charge in [0.05, 0.1) is 0 Å². The van der Waals surface area contributed by atoms with E-state index in [0.29, 0.717) is 5.92 Å². The minimum Gasteiger partial charge on any atom is -0.355 e. The lowest BCUT2D eigenvalue weighted by Gasteiger charge is -2.21. The monoisotopic (exact) mass is 248 g/mol. The molecule has 98 valence electrons. The zero-order chi connectivity index (χ0) is 12.5. The van der Waals surface area contributed by atoms with E-state index in [-0.39, 0.29) is 5.56 Å². The third-order valence-corrected chi connectivity index (χ3v) is 3.75. The van der Waals surface area contributed by atoms with Crippen molar-refractivity contribution in [1.82, 2.24) is 14.9 Å². The minimum absolute atomic E-state index is 0.0144. The van der Waals surface area contributed by atoms with Crippen LogP contribution in [0.2, 0.25) is 0 Å². The van der Waals surface area contributed by atoms with E-state index in [2.05, 4.69) is 26.8 Å². The molecule has 5 nitrogen and oxygen atoms in total. The van der Waals surface area contributed by atoms with Crippen LogP contribution < -0.4 is 10.5 Å². The summed E-state index contributed by atoms with van der Waals surface area (Å²) in [4.78, 5) is 23.8.